The van der Waals surface area contributed by atoms with Crippen LogP contribution in [-0.2, 0) is 20.7 Å². The number of aromatic nitrogens is 1. The van der Waals surface area contributed by atoms with E-state index in [0.717, 1.165) is 11.4 Å². The minimum absolute atomic E-state index is 0.109. The van der Waals surface area contributed by atoms with Crippen molar-refractivity contribution in [2.75, 3.05) is 6.61 Å². The summed E-state index contributed by atoms with van der Waals surface area (Å²) in [5, 5.41) is 0. The van der Waals surface area contributed by atoms with Crippen molar-refractivity contribution in [2.24, 2.45) is 5.73 Å². The van der Waals surface area contributed by atoms with E-state index in [-0.39, 0.29) is 24.3 Å². The third-order valence-electron chi connectivity index (χ3n) is 4.35. The zero-order valence-corrected chi connectivity index (χ0v) is 17.8. The van der Waals surface area contributed by atoms with Gasteiger partial charge in [0.2, 0.25) is 0 Å². The van der Waals surface area contributed by atoms with Gasteiger partial charge in [-0.25, -0.2) is 0 Å². The van der Waals surface area contributed by atoms with E-state index in [1.54, 1.807) is 31.4 Å². The van der Waals surface area contributed by atoms with Crippen LogP contribution in [0, 0.1) is 0 Å². The number of allylic oxidation sites excluding steroid dienone is 1. The standard InChI is InChI=1S/C24H30N2O4/c1-5-15-29-24(19(6-2)21-13-10-12-20(26-21)17(4)25)30-22-14-9-8-11-18(22)16-23(27)28-7-3/h5-6,8-15,17,19,24H,2,7,16,25H2,1,3-4H3/b15-5-. The lowest BCUT2D eigenvalue weighted by Gasteiger charge is -2.26. The number of esters is 1. The summed E-state index contributed by atoms with van der Waals surface area (Å²) in [5.41, 5.74) is 8.21. The molecule has 30 heavy (non-hydrogen) atoms. The zero-order valence-electron chi connectivity index (χ0n) is 17.8. The fourth-order valence-corrected chi connectivity index (χ4v) is 2.88. The van der Waals surface area contributed by atoms with Gasteiger partial charge in [0.25, 0.3) is 6.29 Å². The molecule has 3 unspecified atom stereocenters. The molecule has 0 aliphatic rings. The van der Waals surface area contributed by atoms with Gasteiger partial charge in [-0.1, -0.05) is 36.4 Å². The molecule has 2 N–H and O–H groups in total. The first kappa shape index (κ1) is 23.2. The van der Waals surface area contributed by atoms with Gasteiger partial charge in [0, 0.05) is 11.6 Å². The van der Waals surface area contributed by atoms with Crippen molar-refractivity contribution < 1.29 is 19.0 Å². The summed E-state index contributed by atoms with van der Waals surface area (Å²) < 4.78 is 17.1. The summed E-state index contributed by atoms with van der Waals surface area (Å²) in [6, 6.07) is 12.8. The van der Waals surface area contributed by atoms with Crippen LogP contribution in [0.5, 0.6) is 5.75 Å². The average Bonchev–Trinajstić information content (AvgIpc) is 2.74. The Morgan fingerprint density at radius 2 is 1.93 bits per heavy atom. The first-order chi connectivity index (χ1) is 14.5. The van der Waals surface area contributed by atoms with Gasteiger partial charge in [0.1, 0.15) is 5.75 Å². The third-order valence-corrected chi connectivity index (χ3v) is 4.35. The molecule has 0 radical (unpaired) electrons. The highest BCUT2D eigenvalue weighted by Gasteiger charge is 2.26. The summed E-state index contributed by atoms with van der Waals surface area (Å²) >= 11 is 0. The van der Waals surface area contributed by atoms with Crippen LogP contribution in [-0.4, -0.2) is 23.9 Å². The van der Waals surface area contributed by atoms with Gasteiger partial charge in [-0.05, 0) is 39.0 Å². The number of benzene rings is 1. The number of ether oxygens (including phenoxy) is 3. The number of nitrogens with two attached hydrogens (primary N) is 1. The highest BCUT2D eigenvalue weighted by molar-refractivity contribution is 5.73. The topological polar surface area (TPSA) is 83.7 Å². The molecule has 6 heteroatoms. The SMILES string of the molecule is C=CC(c1cccc(C(C)N)n1)C(O/C=C\C)Oc1ccccc1CC(=O)OCC. The van der Waals surface area contributed by atoms with Crippen molar-refractivity contribution in [2.45, 2.75) is 45.4 Å². The van der Waals surface area contributed by atoms with E-state index in [9.17, 15) is 4.79 Å². The molecule has 1 aromatic heterocycles. The number of carbonyl (C=O) groups is 1. The molecule has 1 aromatic carbocycles. The minimum atomic E-state index is -0.738. The summed E-state index contributed by atoms with van der Waals surface area (Å²) in [6.07, 6.45) is 4.43. The molecule has 0 aliphatic heterocycles. The van der Waals surface area contributed by atoms with Crippen molar-refractivity contribution in [3.63, 3.8) is 0 Å². The van der Waals surface area contributed by atoms with E-state index in [4.69, 9.17) is 19.9 Å². The van der Waals surface area contributed by atoms with Crippen LogP contribution in [0.1, 0.15) is 49.7 Å². The summed E-state index contributed by atoms with van der Waals surface area (Å²) in [6.45, 7) is 9.78. The summed E-state index contributed by atoms with van der Waals surface area (Å²) in [4.78, 5) is 16.6. The van der Waals surface area contributed by atoms with Crippen LogP contribution >= 0.6 is 0 Å². The van der Waals surface area contributed by atoms with Gasteiger partial charge in [-0.15, -0.1) is 6.58 Å². The number of para-hydroxylation sites is 1. The highest BCUT2D eigenvalue weighted by Crippen LogP contribution is 2.28. The molecule has 2 aromatic rings. The predicted octanol–water partition coefficient (Wildman–Crippen LogP) is 4.43. The second-order valence-electron chi connectivity index (χ2n) is 6.72. The van der Waals surface area contributed by atoms with E-state index in [1.165, 1.54) is 0 Å². The second-order valence-corrected chi connectivity index (χ2v) is 6.72. The van der Waals surface area contributed by atoms with E-state index < -0.39 is 6.29 Å². The molecule has 6 nitrogen and oxygen atoms in total. The number of carbonyl (C=O) groups excluding carboxylic acids is 1. The number of hydrogen-bond donors (Lipinski definition) is 1. The van der Waals surface area contributed by atoms with E-state index in [2.05, 4.69) is 11.6 Å². The van der Waals surface area contributed by atoms with Crippen molar-refractivity contribution >= 4 is 5.97 Å². The molecule has 0 aliphatic carbocycles. The molecule has 0 fully saturated rings. The number of rotatable bonds is 11. The lowest BCUT2D eigenvalue weighted by molar-refractivity contribution is -0.142. The normalized spacial score (nSPS) is 14.0. The molecule has 1 heterocycles. The van der Waals surface area contributed by atoms with E-state index >= 15 is 0 Å². The van der Waals surface area contributed by atoms with Crippen LogP contribution in [0.3, 0.4) is 0 Å². The lowest BCUT2D eigenvalue weighted by atomic mass is 10.0. The number of pyridine rings is 1. The lowest BCUT2D eigenvalue weighted by Crippen LogP contribution is -2.27. The van der Waals surface area contributed by atoms with Crippen molar-refractivity contribution in [3.05, 3.63) is 84.4 Å². The van der Waals surface area contributed by atoms with Crippen LogP contribution in [0.2, 0.25) is 0 Å². The van der Waals surface area contributed by atoms with Crippen LogP contribution < -0.4 is 10.5 Å². The second kappa shape index (κ2) is 11.8. The Labute approximate surface area is 178 Å². The molecule has 0 spiro atoms. The number of nitrogens with zero attached hydrogens (tertiary/aromatic N) is 1. The number of hydrogen-bond acceptors (Lipinski definition) is 6. The Kier molecular flexibility index (Phi) is 9.09. The molecule has 0 bridgehead atoms. The van der Waals surface area contributed by atoms with Crippen LogP contribution in [0.4, 0.5) is 0 Å². The Morgan fingerprint density at radius 3 is 2.60 bits per heavy atom. The Bertz CT molecular complexity index is 864. The first-order valence-corrected chi connectivity index (χ1v) is 10.0. The van der Waals surface area contributed by atoms with Crippen LogP contribution in [0.15, 0.2) is 67.5 Å². The fourth-order valence-electron chi connectivity index (χ4n) is 2.88. The Morgan fingerprint density at radius 1 is 1.20 bits per heavy atom. The summed E-state index contributed by atoms with van der Waals surface area (Å²) in [7, 11) is 0. The van der Waals surface area contributed by atoms with Crippen molar-refractivity contribution in [1.82, 2.24) is 4.98 Å². The van der Waals surface area contributed by atoms with Gasteiger partial charge < -0.3 is 19.9 Å². The molecular weight excluding hydrogens is 380 g/mol. The average molecular weight is 411 g/mol. The first-order valence-electron chi connectivity index (χ1n) is 10.0. The van der Waals surface area contributed by atoms with Crippen LogP contribution in [0.25, 0.3) is 0 Å². The van der Waals surface area contributed by atoms with Gasteiger partial charge in [0.15, 0.2) is 0 Å². The molecule has 0 saturated heterocycles. The Balaban J connectivity index is 2.35. The smallest absolute Gasteiger partial charge is 0.310 e. The van der Waals surface area contributed by atoms with Gasteiger partial charge in [-0.3, -0.25) is 9.78 Å². The molecule has 0 amide bonds. The van der Waals surface area contributed by atoms with E-state index in [0.29, 0.717) is 17.9 Å². The molecular formula is C24H30N2O4. The minimum Gasteiger partial charge on any atom is -0.466 e. The molecule has 0 saturated carbocycles. The third kappa shape index (κ3) is 6.46. The zero-order chi connectivity index (χ0) is 21.9. The highest BCUT2D eigenvalue weighted by atomic mass is 16.7. The molecule has 2 rings (SSSR count). The maximum Gasteiger partial charge on any atom is 0.310 e. The van der Waals surface area contributed by atoms with Crippen molar-refractivity contribution in [1.29, 1.82) is 0 Å². The monoisotopic (exact) mass is 410 g/mol. The Hall–Kier alpha value is -3.12. The van der Waals surface area contributed by atoms with E-state index in [1.807, 2.05) is 50.2 Å². The predicted molar refractivity (Wildman–Crippen MR) is 117 cm³/mol. The molecule has 160 valence electrons. The maximum atomic E-state index is 12.0. The van der Waals surface area contributed by atoms with Gasteiger partial charge >= 0.3 is 5.97 Å². The molecule has 3 atom stereocenters. The van der Waals surface area contributed by atoms with Crippen molar-refractivity contribution in [3.8, 4) is 5.75 Å². The quantitative estimate of drug-likeness (QED) is 0.255. The maximum absolute atomic E-state index is 12.0. The fraction of sp³-hybridized carbons (Fsp3) is 0.333. The summed E-state index contributed by atoms with van der Waals surface area (Å²) in [5.74, 6) is -0.142. The largest absolute Gasteiger partial charge is 0.466 e. The van der Waals surface area contributed by atoms with Gasteiger partial charge in [-0.2, -0.15) is 0 Å². The van der Waals surface area contributed by atoms with Gasteiger partial charge in [0.05, 0.1) is 36.6 Å².